The third-order valence-corrected chi connectivity index (χ3v) is 3.63. The summed E-state index contributed by atoms with van der Waals surface area (Å²) >= 11 is 5.94. The van der Waals surface area contributed by atoms with Gasteiger partial charge < -0.3 is 10.2 Å². The summed E-state index contributed by atoms with van der Waals surface area (Å²) in [5.41, 5.74) is 1.17. The van der Waals surface area contributed by atoms with E-state index < -0.39 is 0 Å². The maximum absolute atomic E-state index is 5.94. The number of anilines is 1. The average molecular weight is 224 g/mol. The van der Waals surface area contributed by atoms with Gasteiger partial charge in [-0.3, -0.25) is 4.98 Å². The highest BCUT2D eigenvalue weighted by atomic mass is 35.5. The lowest BCUT2D eigenvalue weighted by atomic mass is 9.83. The quantitative estimate of drug-likeness (QED) is 0.783. The van der Waals surface area contributed by atoms with Crippen LogP contribution in [0.3, 0.4) is 0 Å². The Morgan fingerprint density at radius 3 is 3.20 bits per heavy atom. The average Bonchev–Trinajstić information content (AvgIpc) is 2.20. The largest absolute Gasteiger partial charge is 0.366 e. The SMILES string of the molecule is Clc1cncc(N2CC3CNCCC32)c1. The van der Waals surface area contributed by atoms with Crippen LogP contribution >= 0.6 is 11.6 Å². The summed E-state index contributed by atoms with van der Waals surface area (Å²) < 4.78 is 0. The molecular formula is C11H14ClN3. The zero-order chi connectivity index (χ0) is 10.3. The molecule has 0 radical (unpaired) electrons. The van der Waals surface area contributed by atoms with Crippen LogP contribution in [-0.2, 0) is 0 Å². The molecule has 0 amide bonds. The van der Waals surface area contributed by atoms with Crippen LogP contribution in [0.1, 0.15) is 6.42 Å². The van der Waals surface area contributed by atoms with Crippen molar-refractivity contribution >= 4 is 17.3 Å². The first-order valence-electron chi connectivity index (χ1n) is 5.42. The highest BCUT2D eigenvalue weighted by Gasteiger charge is 2.40. The summed E-state index contributed by atoms with van der Waals surface area (Å²) in [6.45, 7) is 3.43. The van der Waals surface area contributed by atoms with Gasteiger partial charge >= 0.3 is 0 Å². The van der Waals surface area contributed by atoms with Gasteiger partial charge in [-0.2, -0.15) is 0 Å². The number of rotatable bonds is 1. The number of aromatic nitrogens is 1. The fraction of sp³-hybridized carbons (Fsp3) is 0.545. The Morgan fingerprint density at radius 1 is 1.47 bits per heavy atom. The van der Waals surface area contributed by atoms with E-state index in [9.17, 15) is 0 Å². The molecule has 0 aromatic carbocycles. The van der Waals surface area contributed by atoms with Gasteiger partial charge in [0, 0.05) is 31.2 Å². The summed E-state index contributed by atoms with van der Waals surface area (Å²) in [6.07, 6.45) is 4.83. The summed E-state index contributed by atoms with van der Waals surface area (Å²) in [4.78, 5) is 6.56. The Labute approximate surface area is 94.4 Å². The number of nitrogens with one attached hydrogen (secondary N) is 1. The van der Waals surface area contributed by atoms with Gasteiger partial charge in [0.25, 0.3) is 0 Å². The lowest BCUT2D eigenvalue weighted by Crippen LogP contribution is -2.63. The Balaban J connectivity index is 1.79. The molecule has 1 N–H and O–H groups in total. The molecule has 0 bridgehead atoms. The van der Waals surface area contributed by atoms with Crippen LogP contribution in [0.2, 0.25) is 5.02 Å². The zero-order valence-electron chi connectivity index (χ0n) is 8.49. The van der Waals surface area contributed by atoms with Gasteiger partial charge in [0.1, 0.15) is 0 Å². The van der Waals surface area contributed by atoms with Crippen LogP contribution < -0.4 is 10.2 Å². The minimum Gasteiger partial charge on any atom is -0.366 e. The van der Waals surface area contributed by atoms with Crippen molar-refractivity contribution in [3.05, 3.63) is 23.5 Å². The van der Waals surface area contributed by atoms with E-state index >= 15 is 0 Å². The molecule has 0 aliphatic carbocycles. The first-order valence-corrected chi connectivity index (χ1v) is 5.80. The smallest absolute Gasteiger partial charge is 0.0609 e. The molecule has 1 aromatic rings. The van der Waals surface area contributed by atoms with Crippen LogP contribution in [0.15, 0.2) is 18.5 Å². The molecule has 2 aliphatic rings. The van der Waals surface area contributed by atoms with Crippen molar-refractivity contribution in [3.8, 4) is 0 Å². The molecule has 2 saturated heterocycles. The maximum atomic E-state index is 5.94. The summed E-state index contributed by atoms with van der Waals surface area (Å²) in [7, 11) is 0. The standard InChI is InChI=1S/C11H14ClN3/c12-9-3-10(6-14-5-9)15-7-8-4-13-2-1-11(8)15/h3,5-6,8,11,13H,1-2,4,7H2. The second-order valence-electron chi connectivity index (χ2n) is 4.33. The third-order valence-electron chi connectivity index (χ3n) is 3.42. The predicted octanol–water partition coefficient (Wildman–Crippen LogP) is 1.53. The third kappa shape index (κ3) is 1.60. The summed E-state index contributed by atoms with van der Waals surface area (Å²) in [6, 6.07) is 2.71. The molecule has 2 unspecified atom stereocenters. The number of fused-ring (bicyclic) bond motifs is 1. The molecule has 3 rings (SSSR count). The minimum atomic E-state index is 0.700. The monoisotopic (exact) mass is 223 g/mol. The molecule has 3 nitrogen and oxygen atoms in total. The van der Waals surface area contributed by atoms with E-state index in [1.54, 1.807) is 6.20 Å². The maximum Gasteiger partial charge on any atom is 0.0609 e. The van der Waals surface area contributed by atoms with E-state index in [4.69, 9.17) is 11.6 Å². The molecule has 80 valence electrons. The lowest BCUT2D eigenvalue weighted by molar-refractivity contribution is 0.230. The molecule has 1 aromatic heterocycles. The Kier molecular flexibility index (Phi) is 2.29. The summed E-state index contributed by atoms with van der Waals surface area (Å²) in [5, 5.41) is 4.16. The number of hydrogen-bond donors (Lipinski definition) is 1. The van der Waals surface area contributed by atoms with Crippen LogP contribution in [0, 0.1) is 5.92 Å². The lowest BCUT2D eigenvalue weighted by Gasteiger charge is -2.52. The van der Waals surface area contributed by atoms with Gasteiger partial charge in [-0.05, 0) is 19.0 Å². The van der Waals surface area contributed by atoms with Crippen LogP contribution in [0.5, 0.6) is 0 Å². The van der Waals surface area contributed by atoms with Crippen LogP contribution in [0.25, 0.3) is 0 Å². The topological polar surface area (TPSA) is 28.2 Å². The molecule has 2 aliphatic heterocycles. The highest BCUT2D eigenvalue weighted by molar-refractivity contribution is 6.30. The predicted molar refractivity (Wildman–Crippen MR) is 61.4 cm³/mol. The van der Waals surface area contributed by atoms with Crippen LogP contribution in [0.4, 0.5) is 5.69 Å². The zero-order valence-corrected chi connectivity index (χ0v) is 9.24. The van der Waals surface area contributed by atoms with Gasteiger partial charge in [0.15, 0.2) is 0 Å². The first kappa shape index (κ1) is 9.43. The highest BCUT2D eigenvalue weighted by Crippen LogP contribution is 2.34. The molecule has 2 fully saturated rings. The number of nitrogens with zero attached hydrogens (tertiary/aromatic N) is 2. The van der Waals surface area contributed by atoms with Crippen molar-refractivity contribution in [1.29, 1.82) is 0 Å². The van der Waals surface area contributed by atoms with Gasteiger partial charge in [-0.15, -0.1) is 0 Å². The van der Waals surface area contributed by atoms with Crippen molar-refractivity contribution < 1.29 is 0 Å². The minimum absolute atomic E-state index is 0.700. The van der Waals surface area contributed by atoms with E-state index in [0.717, 1.165) is 30.6 Å². The van der Waals surface area contributed by atoms with E-state index in [0.29, 0.717) is 6.04 Å². The van der Waals surface area contributed by atoms with Gasteiger partial charge in [-0.1, -0.05) is 11.6 Å². The molecule has 0 spiro atoms. The molecule has 2 atom stereocenters. The van der Waals surface area contributed by atoms with Crippen molar-refractivity contribution in [3.63, 3.8) is 0 Å². The van der Waals surface area contributed by atoms with Crippen LogP contribution in [-0.4, -0.2) is 30.7 Å². The second-order valence-corrected chi connectivity index (χ2v) is 4.77. The molecule has 3 heterocycles. The van der Waals surface area contributed by atoms with E-state index in [2.05, 4.69) is 15.2 Å². The number of halogens is 1. The summed E-state index contributed by atoms with van der Waals surface area (Å²) in [5.74, 6) is 0.817. The van der Waals surface area contributed by atoms with Gasteiger partial charge in [-0.25, -0.2) is 0 Å². The van der Waals surface area contributed by atoms with Crippen molar-refractivity contribution in [2.24, 2.45) is 5.92 Å². The first-order chi connectivity index (χ1) is 7.34. The fourth-order valence-electron chi connectivity index (χ4n) is 2.61. The van der Waals surface area contributed by atoms with E-state index in [1.165, 1.54) is 12.1 Å². The fourth-order valence-corrected chi connectivity index (χ4v) is 2.78. The number of hydrogen-bond acceptors (Lipinski definition) is 3. The van der Waals surface area contributed by atoms with E-state index in [1.807, 2.05) is 12.3 Å². The second kappa shape index (κ2) is 3.65. The Hall–Kier alpha value is -0.800. The van der Waals surface area contributed by atoms with E-state index in [-0.39, 0.29) is 0 Å². The number of piperidine rings is 1. The Morgan fingerprint density at radius 2 is 2.40 bits per heavy atom. The molecule has 4 heteroatoms. The van der Waals surface area contributed by atoms with Gasteiger partial charge in [0.2, 0.25) is 0 Å². The molecule has 15 heavy (non-hydrogen) atoms. The molecule has 0 saturated carbocycles. The number of pyridine rings is 1. The van der Waals surface area contributed by atoms with Crippen molar-refractivity contribution in [1.82, 2.24) is 10.3 Å². The van der Waals surface area contributed by atoms with Crippen molar-refractivity contribution in [2.45, 2.75) is 12.5 Å². The molecular weight excluding hydrogens is 210 g/mol. The normalized spacial score (nSPS) is 29.5. The van der Waals surface area contributed by atoms with Gasteiger partial charge in [0.05, 0.1) is 16.9 Å². The van der Waals surface area contributed by atoms with Crippen molar-refractivity contribution in [2.75, 3.05) is 24.5 Å². The Bertz CT molecular complexity index is 369.